The normalized spacial score (nSPS) is 13.1. The van der Waals surface area contributed by atoms with Crippen molar-refractivity contribution in [3.05, 3.63) is 48.0 Å². The van der Waals surface area contributed by atoms with Crippen molar-refractivity contribution in [1.82, 2.24) is 0 Å². The summed E-state index contributed by atoms with van der Waals surface area (Å²) in [5, 5.41) is 9.52. The molecule has 0 spiro atoms. The number of hydrogen-bond acceptors (Lipinski definition) is 2. The largest absolute Gasteiger partial charge is 0.380 e. The van der Waals surface area contributed by atoms with E-state index in [-0.39, 0.29) is 5.78 Å². The van der Waals surface area contributed by atoms with Gasteiger partial charge in [-0.2, -0.15) is 0 Å². The topological polar surface area (TPSA) is 37.3 Å². The van der Waals surface area contributed by atoms with E-state index in [0.29, 0.717) is 5.56 Å². The van der Waals surface area contributed by atoms with Crippen LogP contribution in [0, 0.1) is 0 Å². The summed E-state index contributed by atoms with van der Waals surface area (Å²) in [6, 6.07) is 8.89. The number of benzene rings is 1. The number of carbonyl (C=O) groups is 1. The Labute approximate surface area is 77.5 Å². The average molecular weight is 176 g/mol. The van der Waals surface area contributed by atoms with E-state index in [2.05, 4.69) is 0 Å². The Kier molecular flexibility index (Phi) is 3.41. The second-order valence-corrected chi connectivity index (χ2v) is 2.72. The Hall–Kier alpha value is -1.41. The van der Waals surface area contributed by atoms with Crippen LogP contribution in [0.3, 0.4) is 0 Å². The van der Waals surface area contributed by atoms with Crippen molar-refractivity contribution < 1.29 is 9.90 Å². The minimum Gasteiger partial charge on any atom is -0.380 e. The maximum Gasteiger partial charge on any atom is 0.188 e. The van der Waals surface area contributed by atoms with Crippen molar-refractivity contribution >= 4 is 5.78 Å². The van der Waals surface area contributed by atoms with Gasteiger partial charge in [0.25, 0.3) is 0 Å². The Balaban J connectivity index is 2.79. The zero-order chi connectivity index (χ0) is 9.68. The van der Waals surface area contributed by atoms with Crippen molar-refractivity contribution in [2.45, 2.75) is 13.0 Å². The smallest absolute Gasteiger partial charge is 0.188 e. The summed E-state index contributed by atoms with van der Waals surface area (Å²) in [6.45, 7) is 1.75. The van der Waals surface area contributed by atoms with Crippen molar-refractivity contribution in [1.29, 1.82) is 0 Å². The third-order valence-corrected chi connectivity index (χ3v) is 1.72. The number of aliphatic hydroxyl groups excluding tert-OH is 1. The van der Waals surface area contributed by atoms with E-state index in [0.717, 1.165) is 0 Å². The summed E-state index contributed by atoms with van der Waals surface area (Å²) in [6.07, 6.45) is 1.96. The number of aliphatic hydroxyl groups is 1. The first-order chi connectivity index (χ1) is 6.25. The predicted octanol–water partition coefficient (Wildman–Crippen LogP) is 1.87. The van der Waals surface area contributed by atoms with Gasteiger partial charge in [0.15, 0.2) is 5.78 Å². The van der Waals surface area contributed by atoms with Crippen molar-refractivity contribution in [3.63, 3.8) is 0 Å². The Bertz CT molecular complexity index is 301. The molecule has 0 saturated carbocycles. The minimum absolute atomic E-state index is 0.284. The van der Waals surface area contributed by atoms with Gasteiger partial charge in [0.05, 0.1) is 0 Å². The maximum atomic E-state index is 11.2. The molecule has 0 bridgehead atoms. The fraction of sp³-hybridized carbons (Fsp3) is 0.182. The molecule has 0 aliphatic rings. The molecule has 0 radical (unpaired) electrons. The van der Waals surface area contributed by atoms with Gasteiger partial charge in [-0.15, -0.1) is 0 Å². The van der Waals surface area contributed by atoms with Crippen molar-refractivity contribution in [2.24, 2.45) is 0 Å². The summed E-state index contributed by atoms with van der Waals surface area (Å²) in [5.41, 5.74) is 0.630. The Morgan fingerprint density at radius 2 is 2.00 bits per heavy atom. The maximum absolute atomic E-state index is 11.2. The first-order valence-electron chi connectivity index (χ1n) is 4.15. The van der Waals surface area contributed by atoms with Gasteiger partial charge in [-0.1, -0.05) is 36.4 Å². The highest BCUT2D eigenvalue weighted by atomic mass is 16.3. The van der Waals surface area contributed by atoms with Gasteiger partial charge in [0.1, 0.15) is 6.10 Å². The number of carbonyl (C=O) groups excluding carboxylic acids is 1. The van der Waals surface area contributed by atoms with Gasteiger partial charge >= 0.3 is 0 Å². The number of allylic oxidation sites excluding steroid dienone is 1. The summed E-state index contributed by atoms with van der Waals surface area (Å²) in [5.74, 6) is -0.284. The second kappa shape index (κ2) is 4.58. The fourth-order valence-corrected chi connectivity index (χ4v) is 1.06. The molecule has 0 unspecified atom stereocenters. The molecule has 0 aliphatic carbocycles. The van der Waals surface area contributed by atoms with Gasteiger partial charge in [0, 0.05) is 0 Å². The number of hydrogen-bond donors (Lipinski definition) is 1. The van der Waals surface area contributed by atoms with Crippen LogP contribution < -0.4 is 0 Å². The molecular weight excluding hydrogens is 164 g/mol. The standard InChI is InChI=1S/C11H12O2/c1-2-6-10(12)11(13)9-7-4-3-5-8-9/h2-8,11,13H,1H3/b6-2+/t11-/m1/s1. The molecule has 68 valence electrons. The molecule has 0 saturated heterocycles. The van der Waals surface area contributed by atoms with Crippen molar-refractivity contribution in [2.75, 3.05) is 0 Å². The molecule has 1 rings (SSSR count). The number of rotatable bonds is 3. The molecule has 13 heavy (non-hydrogen) atoms. The molecule has 2 nitrogen and oxygen atoms in total. The second-order valence-electron chi connectivity index (χ2n) is 2.72. The zero-order valence-corrected chi connectivity index (χ0v) is 7.47. The molecule has 1 N–H and O–H groups in total. The van der Waals surface area contributed by atoms with E-state index in [9.17, 15) is 9.90 Å². The number of ketones is 1. The van der Waals surface area contributed by atoms with Gasteiger partial charge in [-0.05, 0) is 18.6 Å². The molecule has 0 fully saturated rings. The molecular formula is C11H12O2. The summed E-state index contributed by atoms with van der Waals surface area (Å²) in [4.78, 5) is 11.2. The lowest BCUT2D eigenvalue weighted by Gasteiger charge is -2.05. The van der Waals surface area contributed by atoms with E-state index >= 15 is 0 Å². The van der Waals surface area contributed by atoms with E-state index in [4.69, 9.17) is 0 Å². The van der Waals surface area contributed by atoms with Crippen LogP contribution in [0.4, 0.5) is 0 Å². The molecule has 0 amide bonds. The molecule has 2 heteroatoms. The highest BCUT2D eigenvalue weighted by Gasteiger charge is 2.12. The highest BCUT2D eigenvalue weighted by Crippen LogP contribution is 2.13. The van der Waals surface area contributed by atoms with Gasteiger partial charge in [-0.25, -0.2) is 0 Å². The summed E-state index contributed by atoms with van der Waals surface area (Å²) in [7, 11) is 0. The van der Waals surface area contributed by atoms with Crippen LogP contribution in [0.2, 0.25) is 0 Å². The van der Waals surface area contributed by atoms with E-state index in [1.165, 1.54) is 6.08 Å². The monoisotopic (exact) mass is 176 g/mol. The van der Waals surface area contributed by atoms with Crippen LogP contribution in [0.5, 0.6) is 0 Å². The van der Waals surface area contributed by atoms with Gasteiger partial charge in [0.2, 0.25) is 0 Å². The lowest BCUT2D eigenvalue weighted by molar-refractivity contribution is -0.122. The molecule has 1 aromatic rings. The first-order valence-corrected chi connectivity index (χ1v) is 4.15. The lowest BCUT2D eigenvalue weighted by atomic mass is 10.1. The van der Waals surface area contributed by atoms with Crippen LogP contribution in [0.1, 0.15) is 18.6 Å². The molecule has 1 aromatic carbocycles. The van der Waals surface area contributed by atoms with Crippen molar-refractivity contribution in [3.8, 4) is 0 Å². The molecule has 1 atom stereocenters. The lowest BCUT2D eigenvalue weighted by Crippen LogP contribution is -2.08. The first kappa shape index (κ1) is 9.68. The van der Waals surface area contributed by atoms with Crippen LogP contribution >= 0.6 is 0 Å². The fourth-order valence-electron chi connectivity index (χ4n) is 1.06. The molecule has 0 aromatic heterocycles. The summed E-state index contributed by atoms with van der Waals surface area (Å²) < 4.78 is 0. The van der Waals surface area contributed by atoms with Gasteiger partial charge in [-0.3, -0.25) is 4.79 Å². The van der Waals surface area contributed by atoms with Crippen LogP contribution in [0.25, 0.3) is 0 Å². The van der Waals surface area contributed by atoms with E-state index in [1.807, 2.05) is 6.07 Å². The van der Waals surface area contributed by atoms with Gasteiger partial charge < -0.3 is 5.11 Å². The van der Waals surface area contributed by atoms with Crippen LogP contribution in [0.15, 0.2) is 42.5 Å². The Morgan fingerprint density at radius 1 is 1.38 bits per heavy atom. The molecule has 0 heterocycles. The predicted molar refractivity (Wildman–Crippen MR) is 51.2 cm³/mol. The third-order valence-electron chi connectivity index (χ3n) is 1.72. The van der Waals surface area contributed by atoms with E-state index < -0.39 is 6.10 Å². The van der Waals surface area contributed by atoms with Crippen LogP contribution in [-0.4, -0.2) is 10.9 Å². The SMILES string of the molecule is C/C=C/C(=O)[C@H](O)c1ccccc1. The average Bonchev–Trinajstić information content (AvgIpc) is 2.18. The highest BCUT2D eigenvalue weighted by molar-refractivity contribution is 5.93. The Morgan fingerprint density at radius 3 is 2.54 bits per heavy atom. The van der Waals surface area contributed by atoms with Crippen LogP contribution in [-0.2, 0) is 4.79 Å². The summed E-state index contributed by atoms with van der Waals surface area (Å²) >= 11 is 0. The molecule has 0 aliphatic heterocycles. The minimum atomic E-state index is -1.03. The quantitative estimate of drug-likeness (QED) is 0.714. The third kappa shape index (κ3) is 2.53. The van der Waals surface area contributed by atoms with E-state index in [1.54, 1.807) is 37.3 Å². The zero-order valence-electron chi connectivity index (χ0n) is 7.47.